The number of nitriles is 1. The summed E-state index contributed by atoms with van der Waals surface area (Å²) in [4.78, 5) is 24.3. The van der Waals surface area contributed by atoms with Crippen LogP contribution in [0.2, 0.25) is 0 Å². The van der Waals surface area contributed by atoms with E-state index >= 15 is 0 Å². The number of amides is 1. The van der Waals surface area contributed by atoms with E-state index in [9.17, 15) is 9.59 Å². The van der Waals surface area contributed by atoms with Crippen molar-refractivity contribution in [1.82, 2.24) is 5.32 Å². The first-order valence-electron chi connectivity index (χ1n) is 7.17. The Kier molecular flexibility index (Phi) is 6.32. The molecule has 0 fully saturated rings. The number of nitrogens with zero attached hydrogens (tertiary/aromatic N) is 1. The van der Waals surface area contributed by atoms with Crippen molar-refractivity contribution in [1.29, 1.82) is 5.26 Å². The molecular formula is C18H15IN2O3. The van der Waals surface area contributed by atoms with Crippen molar-refractivity contribution in [2.45, 2.75) is 12.5 Å². The van der Waals surface area contributed by atoms with E-state index in [1.807, 2.05) is 30.3 Å². The predicted molar refractivity (Wildman–Crippen MR) is 97.3 cm³/mol. The molecule has 0 aliphatic rings. The van der Waals surface area contributed by atoms with E-state index in [4.69, 9.17) is 10.00 Å². The molecular weight excluding hydrogens is 419 g/mol. The average molecular weight is 434 g/mol. The summed E-state index contributed by atoms with van der Waals surface area (Å²) in [7, 11) is 1.29. The minimum absolute atomic E-state index is 0.339. The van der Waals surface area contributed by atoms with Gasteiger partial charge in [0.2, 0.25) is 0 Å². The molecule has 24 heavy (non-hydrogen) atoms. The number of methoxy groups -OCH3 is 1. The number of ether oxygens (including phenoxy) is 1. The molecule has 0 aliphatic heterocycles. The molecule has 2 aromatic carbocycles. The lowest BCUT2D eigenvalue weighted by atomic mass is 10.1. The maximum atomic E-state index is 12.3. The van der Waals surface area contributed by atoms with Gasteiger partial charge in [-0.3, -0.25) is 4.79 Å². The van der Waals surface area contributed by atoms with Gasteiger partial charge in [0.1, 0.15) is 6.04 Å². The summed E-state index contributed by atoms with van der Waals surface area (Å²) in [6.07, 6.45) is 0.339. The molecule has 0 bridgehead atoms. The molecule has 0 aromatic heterocycles. The summed E-state index contributed by atoms with van der Waals surface area (Å²) in [5.74, 6) is -0.893. The number of nitrogens with one attached hydrogen (secondary N) is 1. The van der Waals surface area contributed by atoms with Crippen LogP contribution >= 0.6 is 22.6 Å². The van der Waals surface area contributed by atoms with E-state index in [1.54, 1.807) is 24.3 Å². The van der Waals surface area contributed by atoms with Crippen molar-refractivity contribution in [2.75, 3.05) is 7.11 Å². The fraction of sp³-hybridized carbons (Fsp3) is 0.167. The second kappa shape index (κ2) is 8.45. The third-order valence-corrected chi connectivity index (χ3v) is 4.14. The lowest BCUT2D eigenvalue weighted by molar-refractivity contribution is -0.142. The van der Waals surface area contributed by atoms with Gasteiger partial charge in [-0.05, 0) is 64.6 Å². The second-order valence-corrected chi connectivity index (χ2v) is 6.31. The molecule has 122 valence electrons. The molecule has 6 heteroatoms. The molecule has 1 atom stereocenters. The third kappa shape index (κ3) is 4.80. The molecule has 2 aromatic rings. The van der Waals surface area contributed by atoms with Crippen molar-refractivity contribution >= 4 is 34.5 Å². The molecule has 0 saturated carbocycles. The van der Waals surface area contributed by atoms with Gasteiger partial charge in [-0.2, -0.15) is 5.26 Å². The third-order valence-electron chi connectivity index (χ3n) is 3.42. The zero-order valence-electron chi connectivity index (χ0n) is 13.0. The van der Waals surface area contributed by atoms with Crippen LogP contribution in [0, 0.1) is 14.9 Å². The fourth-order valence-electron chi connectivity index (χ4n) is 2.13. The van der Waals surface area contributed by atoms with Crippen LogP contribution in [0.25, 0.3) is 0 Å². The van der Waals surface area contributed by atoms with Crippen LogP contribution in [0.5, 0.6) is 0 Å². The highest BCUT2D eigenvalue weighted by atomic mass is 127. The summed E-state index contributed by atoms with van der Waals surface area (Å²) in [6.45, 7) is 0. The summed E-state index contributed by atoms with van der Waals surface area (Å²) in [6, 6.07) is 15.1. The van der Waals surface area contributed by atoms with Gasteiger partial charge in [0.25, 0.3) is 5.91 Å². The molecule has 2 rings (SSSR count). The van der Waals surface area contributed by atoms with Crippen LogP contribution in [0.4, 0.5) is 0 Å². The molecule has 5 nitrogen and oxygen atoms in total. The van der Waals surface area contributed by atoms with Crippen molar-refractivity contribution < 1.29 is 14.3 Å². The zero-order valence-corrected chi connectivity index (χ0v) is 15.1. The molecule has 0 unspecified atom stereocenters. The number of esters is 1. The monoisotopic (exact) mass is 434 g/mol. The van der Waals surface area contributed by atoms with Crippen molar-refractivity contribution in [3.8, 4) is 6.07 Å². The molecule has 0 spiro atoms. The van der Waals surface area contributed by atoms with Crippen molar-refractivity contribution in [2.24, 2.45) is 0 Å². The topological polar surface area (TPSA) is 79.2 Å². The molecule has 0 radical (unpaired) electrons. The van der Waals surface area contributed by atoms with Gasteiger partial charge in [0.15, 0.2) is 0 Å². The first kappa shape index (κ1) is 17.9. The summed E-state index contributed by atoms with van der Waals surface area (Å²) in [5, 5.41) is 11.5. The molecule has 0 saturated heterocycles. The van der Waals surface area contributed by atoms with Gasteiger partial charge in [0.05, 0.1) is 18.7 Å². The molecule has 1 N–H and O–H groups in total. The lowest BCUT2D eigenvalue weighted by Gasteiger charge is -2.17. The molecule has 1 amide bonds. The van der Waals surface area contributed by atoms with E-state index in [2.05, 4.69) is 27.9 Å². The highest BCUT2D eigenvalue weighted by molar-refractivity contribution is 14.1. The van der Waals surface area contributed by atoms with E-state index in [0.29, 0.717) is 17.5 Å². The largest absolute Gasteiger partial charge is 0.467 e. The highest BCUT2D eigenvalue weighted by Crippen LogP contribution is 2.10. The highest BCUT2D eigenvalue weighted by Gasteiger charge is 2.22. The van der Waals surface area contributed by atoms with Crippen LogP contribution < -0.4 is 5.32 Å². The number of benzene rings is 2. The SMILES string of the molecule is COC(=O)[C@H](Cc1ccc(I)cc1)NC(=O)c1ccc(C#N)cc1. The fourth-order valence-corrected chi connectivity index (χ4v) is 2.49. The smallest absolute Gasteiger partial charge is 0.328 e. The Labute approximate surface area is 153 Å². The summed E-state index contributed by atoms with van der Waals surface area (Å²) < 4.78 is 5.87. The van der Waals surface area contributed by atoms with Gasteiger partial charge < -0.3 is 10.1 Å². The first-order valence-corrected chi connectivity index (χ1v) is 8.24. The maximum Gasteiger partial charge on any atom is 0.328 e. The van der Waals surface area contributed by atoms with Crippen molar-refractivity contribution in [3.05, 3.63) is 68.8 Å². The number of halogens is 1. The Morgan fingerprint density at radius 2 is 1.79 bits per heavy atom. The number of rotatable bonds is 5. The van der Waals surface area contributed by atoms with Crippen LogP contribution in [-0.4, -0.2) is 25.0 Å². The van der Waals surface area contributed by atoms with E-state index in [0.717, 1.165) is 9.13 Å². The quantitative estimate of drug-likeness (QED) is 0.580. The van der Waals surface area contributed by atoms with Gasteiger partial charge in [-0.25, -0.2) is 4.79 Å². The second-order valence-electron chi connectivity index (χ2n) is 5.07. The van der Waals surface area contributed by atoms with Crippen LogP contribution in [0.15, 0.2) is 48.5 Å². The summed E-state index contributed by atoms with van der Waals surface area (Å²) in [5.41, 5.74) is 1.77. The Balaban J connectivity index is 2.12. The number of carbonyl (C=O) groups is 2. The Hall–Kier alpha value is -2.40. The van der Waals surface area contributed by atoms with Gasteiger partial charge >= 0.3 is 5.97 Å². The predicted octanol–water partition coefficient (Wildman–Crippen LogP) is 2.68. The molecule has 0 aliphatic carbocycles. The maximum absolute atomic E-state index is 12.3. The van der Waals surface area contributed by atoms with Crippen LogP contribution in [-0.2, 0) is 16.0 Å². The van der Waals surface area contributed by atoms with E-state index in [-0.39, 0.29) is 5.91 Å². The number of hydrogen-bond acceptors (Lipinski definition) is 4. The number of carbonyl (C=O) groups excluding carboxylic acids is 2. The summed E-state index contributed by atoms with van der Waals surface area (Å²) >= 11 is 2.20. The van der Waals surface area contributed by atoms with E-state index in [1.165, 1.54) is 7.11 Å². The minimum atomic E-state index is -0.779. The van der Waals surface area contributed by atoms with Crippen molar-refractivity contribution in [3.63, 3.8) is 0 Å². The number of hydrogen-bond donors (Lipinski definition) is 1. The Morgan fingerprint density at radius 1 is 1.17 bits per heavy atom. The first-order chi connectivity index (χ1) is 11.5. The van der Waals surface area contributed by atoms with Crippen LogP contribution in [0.1, 0.15) is 21.5 Å². The van der Waals surface area contributed by atoms with E-state index < -0.39 is 12.0 Å². The van der Waals surface area contributed by atoms with Gasteiger partial charge in [-0.1, -0.05) is 12.1 Å². The van der Waals surface area contributed by atoms with Crippen LogP contribution in [0.3, 0.4) is 0 Å². The standard InChI is InChI=1S/C18H15IN2O3/c1-24-18(23)16(10-12-4-8-15(19)9-5-12)21-17(22)14-6-2-13(11-20)3-7-14/h2-9,16H,10H2,1H3,(H,21,22)/t16-/m0/s1. The minimum Gasteiger partial charge on any atom is -0.467 e. The lowest BCUT2D eigenvalue weighted by Crippen LogP contribution is -2.43. The van der Waals surface area contributed by atoms with Gasteiger partial charge in [0, 0.05) is 15.6 Å². The Morgan fingerprint density at radius 3 is 2.33 bits per heavy atom. The molecule has 0 heterocycles. The zero-order chi connectivity index (χ0) is 17.5. The average Bonchev–Trinajstić information content (AvgIpc) is 2.62. The Bertz CT molecular complexity index is 764. The van der Waals surface area contributed by atoms with Gasteiger partial charge in [-0.15, -0.1) is 0 Å². The normalized spacial score (nSPS) is 11.2.